The van der Waals surface area contributed by atoms with E-state index in [4.69, 9.17) is 22.1 Å². The molecule has 1 aliphatic heterocycles. The highest BCUT2D eigenvalue weighted by Gasteiger charge is 2.29. The van der Waals surface area contributed by atoms with Crippen LogP contribution in [0, 0.1) is 0 Å². The lowest BCUT2D eigenvalue weighted by Crippen LogP contribution is -2.47. The van der Waals surface area contributed by atoms with Crippen LogP contribution in [0.3, 0.4) is 0 Å². The molecule has 1 aliphatic rings. The third-order valence-electron chi connectivity index (χ3n) is 2.63. The third-order valence-corrected chi connectivity index (χ3v) is 2.99. The van der Waals surface area contributed by atoms with Crippen LogP contribution in [-0.2, 0) is 14.3 Å². The van der Waals surface area contributed by atoms with Crippen molar-refractivity contribution >= 4 is 29.2 Å². The molecule has 0 amide bonds. The molecule has 0 aromatic carbocycles. The molecule has 1 aromatic heterocycles. The molecule has 98 valence electrons. The van der Waals surface area contributed by atoms with E-state index in [0.717, 1.165) is 0 Å². The summed E-state index contributed by atoms with van der Waals surface area (Å²) in [5, 5.41) is 0.281. The number of nitrogen functional groups attached to an aromatic ring is 1. The minimum atomic E-state index is -0.643. The molecule has 0 bridgehead atoms. The van der Waals surface area contributed by atoms with E-state index >= 15 is 0 Å². The van der Waals surface area contributed by atoms with Crippen molar-refractivity contribution in [1.29, 1.82) is 0 Å². The predicted octanol–water partition coefficient (Wildman–Crippen LogP) is 0.0904. The number of nitrogens with two attached hydrogens (primary N) is 1. The molecule has 2 N–H and O–H groups in total. The standard InChI is InChI=1S/C10H13ClN4O3/c1-17-10(16)6-4-15(2-3-18-6)9-7(11)8(12)13-5-14-9/h5-6H,2-4H2,1H3,(H2,12,13,14). The molecule has 8 heteroatoms. The van der Waals surface area contributed by atoms with Gasteiger partial charge in [0.15, 0.2) is 11.9 Å². The molecule has 0 aliphatic carbocycles. The molecule has 0 spiro atoms. The Bertz CT molecular complexity index is 457. The van der Waals surface area contributed by atoms with Crippen LogP contribution in [0.1, 0.15) is 0 Å². The van der Waals surface area contributed by atoms with Crippen LogP contribution in [0.15, 0.2) is 6.33 Å². The van der Waals surface area contributed by atoms with Crippen LogP contribution >= 0.6 is 11.6 Å². The van der Waals surface area contributed by atoms with Gasteiger partial charge in [-0.1, -0.05) is 11.6 Å². The number of carbonyl (C=O) groups is 1. The second-order valence-electron chi connectivity index (χ2n) is 3.73. The largest absolute Gasteiger partial charge is 0.467 e. The van der Waals surface area contributed by atoms with Crippen LogP contribution in [0.2, 0.25) is 5.02 Å². The van der Waals surface area contributed by atoms with E-state index in [9.17, 15) is 4.79 Å². The third kappa shape index (κ3) is 2.46. The minimum Gasteiger partial charge on any atom is -0.467 e. The second-order valence-corrected chi connectivity index (χ2v) is 4.10. The summed E-state index contributed by atoms with van der Waals surface area (Å²) in [5.74, 6) is 0.294. The molecule has 1 aromatic rings. The maximum atomic E-state index is 11.4. The first kappa shape index (κ1) is 12.8. The Balaban J connectivity index is 2.18. The number of halogens is 1. The summed E-state index contributed by atoms with van der Waals surface area (Å²) in [5.41, 5.74) is 5.62. The van der Waals surface area contributed by atoms with E-state index in [-0.39, 0.29) is 10.8 Å². The fraction of sp³-hybridized carbons (Fsp3) is 0.500. The van der Waals surface area contributed by atoms with Crippen molar-refractivity contribution in [2.45, 2.75) is 6.10 Å². The average Bonchev–Trinajstić information content (AvgIpc) is 2.41. The molecule has 0 radical (unpaired) electrons. The van der Waals surface area contributed by atoms with Gasteiger partial charge in [-0.3, -0.25) is 0 Å². The molecular formula is C10H13ClN4O3. The maximum absolute atomic E-state index is 11.4. The summed E-state index contributed by atoms with van der Waals surface area (Å²) >= 11 is 6.04. The van der Waals surface area contributed by atoms with Crippen LogP contribution in [0.4, 0.5) is 11.6 Å². The normalized spacial score (nSPS) is 19.7. The van der Waals surface area contributed by atoms with Gasteiger partial charge in [0, 0.05) is 6.54 Å². The molecule has 1 atom stereocenters. The number of hydrogen-bond acceptors (Lipinski definition) is 7. The van der Waals surface area contributed by atoms with Crippen LogP contribution < -0.4 is 10.6 Å². The maximum Gasteiger partial charge on any atom is 0.336 e. The molecule has 1 fully saturated rings. The lowest BCUT2D eigenvalue weighted by molar-refractivity contribution is -0.154. The van der Waals surface area contributed by atoms with E-state index in [1.807, 2.05) is 4.90 Å². The molecular weight excluding hydrogens is 260 g/mol. The Kier molecular flexibility index (Phi) is 3.83. The molecule has 18 heavy (non-hydrogen) atoms. The predicted molar refractivity (Wildman–Crippen MR) is 65.4 cm³/mol. The van der Waals surface area contributed by atoms with Crippen molar-refractivity contribution in [3.8, 4) is 0 Å². The molecule has 2 heterocycles. The average molecular weight is 273 g/mol. The van der Waals surface area contributed by atoms with E-state index in [1.54, 1.807) is 0 Å². The monoisotopic (exact) mass is 272 g/mol. The Morgan fingerprint density at radius 1 is 1.67 bits per heavy atom. The Labute approximate surface area is 109 Å². The second kappa shape index (κ2) is 5.36. The Morgan fingerprint density at radius 3 is 3.17 bits per heavy atom. The number of anilines is 2. The van der Waals surface area contributed by atoms with E-state index in [1.165, 1.54) is 13.4 Å². The molecule has 1 unspecified atom stereocenters. The van der Waals surface area contributed by atoms with Gasteiger partial charge in [0.2, 0.25) is 0 Å². The summed E-state index contributed by atoms with van der Waals surface area (Å²) in [6.45, 7) is 1.28. The van der Waals surface area contributed by atoms with Crippen LogP contribution in [-0.4, -0.2) is 48.8 Å². The van der Waals surface area contributed by atoms with Crippen LogP contribution in [0.25, 0.3) is 0 Å². The van der Waals surface area contributed by atoms with Crippen molar-refractivity contribution in [2.24, 2.45) is 0 Å². The number of hydrogen-bond donors (Lipinski definition) is 1. The fourth-order valence-electron chi connectivity index (χ4n) is 1.71. The summed E-state index contributed by atoms with van der Waals surface area (Å²) in [4.78, 5) is 21.1. The van der Waals surface area contributed by atoms with Gasteiger partial charge in [-0.2, -0.15) is 0 Å². The summed E-state index contributed by atoms with van der Waals surface area (Å²) < 4.78 is 9.97. The zero-order valence-corrected chi connectivity index (χ0v) is 10.6. The number of morpholine rings is 1. The van der Waals surface area contributed by atoms with Gasteiger partial charge in [0.1, 0.15) is 17.2 Å². The lowest BCUT2D eigenvalue weighted by Gasteiger charge is -2.32. The highest BCUT2D eigenvalue weighted by atomic mass is 35.5. The van der Waals surface area contributed by atoms with E-state index in [2.05, 4.69) is 14.7 Å². The number of aromatic nitrogens is 2. The number of nitrogens with zero attached hydrogens (tertiary/aromatic N) is 3. The summed E-state index contributed by atoms with van der Waals surface area (Å²) in [6, 6.07) is 0. The van der Waals surface area contributed by atoms with Gasteiger partial charge < -0.3 is 20.1 Å². The molecule has 7 nitrogen and oxygen atoms in total. The SMILES string of the molecule is COC(=O)C1CN(c2ncnc(N)c2Cl)CCO1. The summed E-state index contributed by atoms with van der Waals surface area (Å²) in [7, 11) is 1.32. The number of carbonyl (C=O) groups excluding carboxylic acids is 1. The van der Waals surface area contributed by atoms with Crippen molar-refractivity contribution in [1.82, 2.24) is 9.97 Å². The Hall–Kier alpha value is -1.60. The van der Waals surface area contributed by atoms with Gasteiger partial charge >= 0.3 is 5.97 Å². The van der Waals surface area contributed by atoms with Crippen molar-refractivity contribution in [2.75, 3.05) is 37.4 Å². The topological polar surface area (TPSA) is 90.6 Å². The quantitative estimate of drug-likeness (QED) is 0.763. The smallest absolute Gasteiger partial charge is 0.336 e. The molecule has 2 rings (SSSR count). The van der Waals surface area contributed by atoms with Crippen molar-refractivity contribution in [3.63, 3.8) is 0 Å². The van der Waals surface area contributed by atoms with E-state index < -0.39 is 12.1 Å². The van der Waals surface area contributed by atoms with Gasteiger partial charge in [0.05, 0.1) is 20.3 Å². The number of rotatable bonds is 2. The minimum absolute atomic E-state index is 0.211. The lowest BCUT2D eigenvalue weighted by atomic mass is 10.2. The number of ether oxygens (including phenoxy) is 2. The first-order valence-corrected chi connectivity index (χ1v) is 5.71. The van der Waals surface area contributed by atoms with Gasteiger partial charge in [0.25, 0.3) is 0 Å². The molecule has 0 saturated carbocycles. The van der Waals surface area contributed by atoms with Gasteiger partial charge in [-0.25, -0.2) is 14.8 Å². The number of methoxy groups -OCH3 is 1. The highest BCUT2D eigenvalue weighted by molar-refractivity contribution is 6.35. The summed E-state index contributed by atoms with van der Waals surface area (Å²) in [6.07, 6.45) is 0.690. The van der Waals surface area contributed by atoms with E-state index in [0.29, 0.717) is 25.5 Å². The van der Waals surface area contributed by atoms with Crippen LogP contribution in [0.5, 0.6) is 0 Å². The number of esters is 1. The zero-order valence-electron chi connectivity index (χ0n) is 9.80. The van der Waals surface area contributed by atoms with Gasteiger partial charge in [-0.15, -0.1) is 0 Å². The zero-order chi connectivity index (χ0) is 13.1. The van der Waals surface area contributed by atoms with Gasteiger partial charge in [-0.05, 0) is 0 Å². The molecule has 1 saturated heterocycles. The van der Waals surface area contributed by atoms with Crippen molar-refractivity contribution in [3.05, 3.63) is 11.3 Å². The first-order chi connectivity index (χ1) is 8.63. The first-order valence-electron chi connectivity index (χ1n) is 5.34. The van der Waals surface area contributed by atoms with Crippen molar-refractivity contribution < 1.29 is 14.3 Å². The highest BCUT2D eigenvalue weighted by Crippen LogP contribution is 2.28. The Morgan fingerprint density at radius 2 is 2.44 bits per heavy atom. The fourth-order valence-corrected chi connectivity index (χ4v) is 1.93.